The maximum Gasteiger partial charge on any atom is 0.272 e. The summed E-state index contributed by atoms with van der Waals surface area (Å²) >= 11 is 12.6. The number of benzene rings is 2. The Hall–Kier alpha value is -3.10. The summed E-state index contributed by atoms with van der Waals surface area (Å²) < 4.78 is 36.8. The first-order chi connectivity index (χ1) is 16.7. The summed E-state index contributed by atoms with van der Waals surface area (Å²) in [6.45, 7) is -0.201. The number of aromatic nitrogens is 4. The van der Waals surface area contributed by atoms with Crippen LogP contribution in [0.5, 0.6) is 5.75 Å². The number of nitrogens with zero attached hydrogens (tertiary/aromatic N) is 5. The molecule has 4 aromatic rings. The molecule has 182 valence electrons. The van der Waals surface area contributed by atoms with Gasteiger partial charge in [0.1, 0.15) is 5.75 Å². The molecule has 1 amide bonds. The van der Waals surface area contributed by atoms with E-state index in [2.05, 4.69) is 25.7 Å². The highest BCUT2D eigenvalue weighted by Crippen LogP contribution is 2.26. The molecular formula is C20H16Cl2N6O5S2. The van der Waals surface area contributed by atoms with Gasteiger partial charge in [0.25, 0.3) is 15.9 Å². The normalized spacial score (nSPS) is 11.6. The number of carbonyl (C=O) groups is 1. The standard InChI is InChI=1S/C20H16Cl2N6O5S2/c1-28(10-16-23-17(27-33-16)11-3-6-13(32-2)7-4-11)35(30,31)20-26-25-19(34-20)24-18(29)14-8-5-12(21)9-15(14)22/h3-9H,10H2,1-2H3,(H,24,25,29). The molecule has 0 bridgehead atoms. The van der Waals surface area contributed by atoms with Crippen molar-refractivity contribution in [3.8, 4) is 17.1 Å². The predicted octanol–water partition coefficient (Wildman–Crippen LogP) is 3.98. The van der Waals surface area contributed by atoms with Gasteiger partial charge in [-0.15, -0.1) is 10.2 Å². The minimum atomic E-state index is -4.06. The van der Waals surface area contributed by atoms with E-state index in [1.165, 1.54) is 25.2 Å². The van der Waals surface area contributed by atoms with Crippen LogP contribution in [-0.2, 0) is 16.6 Å². The molecule has 11 nitrogen and oxygen atoms in total. The Kier molecular flexibility index (Phi) is 7.33. The Morgan fingerprint density at radius 2 is 1.91 bits per heavy atom. The van der Waals surface area contributed by atoms with Crippen molar-refractivity contribution in [2.45, 2.75) is 10.9 Å². The van der Waals surface area contributed by atoms with Gasteiger partial charge in [0.15, 0.2) is 0 Å². The molecule has 0 spiro atoms. The Labute approximate surface area is 213 Å². The summed E-state index contributed by atoms with van der Waals surface area (Å²) in [5.41, 5.74) is 0.827. The summed E-state index contributed by atoms with van der Waals surface area (Å²) in [4.78, 5) is 16.7. The van der Waals surface area contributed by atoms with Crippen LogP contribution in [0.4, 0.5) is 5.13 Å². The quantitative estimate of drug-likeness (QED) is 0.320. The first-order valence-electron chi connectivity index (χ1n) is 9.70. The van der Waals surface area contributed by atoms with Gasteiger partial charge < -0.3 is 9.26 Å². The summed E-state index contributed by atoms with van der Waals surface area (Å²) in [6.07, 6.45) is 0. The van der Waals surface area contributed by atoms with Crippen LogP contribution in [0.15, 0.2) is 51.3 Å². The molecule has 0 aliphatic carbocycles. The van der Waals surface area contributed by atoms with E-state index in [-0.39, 0.29) is 32.5 Å². The second kappa shape index (κ2) is 10.3. The number of hydrogen-bond acceptors (Lipinski definition) is 10. The molecule has 4 rings (SSSR count). The minimum Gasteiger partial charge on any atom is -0.497 e. The highest BCUT2D eigenvalue weighted by Gasteiger charge is 2.28. The third-order valence-electron chi connectivity index (χ3n) is 4.61. The lowest BCUT2D eigenvalue weighted by molar-refractivity contribution is 0.102. The van der Waals surface area contributed by atoms with Crippen LogP contribution in [0.25, 0.3) is 11.4 Å². The van der Waals surface area contributed by atoms with Gasteiger partial charge in [0, 0.05) is 17.6 Å². The maximum absolute atomic E-state index is 12.9. The van der Waals surface area contributed by atoms with Gasteiger partial charge in [0.05, 0.1) is 24.2 Å². The molecule has 35 heavy (non-hydrogen) atoms. The average molecular weight is 555 g/mol. The van der Waals surface area contributed by atoms with E-state index in [4.69, 9.17) is 32.5 Å². The van der Waals surface area contributed by atoms with Crippen LogP contribution in [0.3, 0.4) is 0 Å². The van der Waals surface area contributed by atoms with E-state index in [1.54, 1.807) is 31.4 Å². The van der Waals surface area contributed by atoms with Gasteiger partial charge >= 0.3 is 0 Å². The second-order valence-corrected chi connectivity index (χ2v) is 11.0. The van der Waals surface area contributed by atoms with E-state index in [1.807, 2.05) is 0 Å². The van der Waals surface area contributed by atoms with Crippen molar-refractivity contribution in [3.63, 3.8) is 0 Å². The number of amides is 1. The van der Waals surface area contributed by atoms with Crippen molar-refractivity contribution >= 4 is 55.6 Å². The topological polar surface area (TPSA) is 140 Å². The smallest absolute Gasteiger partial charge is 0.272 e. The molecule has 2 aromatic heterocycles. The monoisotopic (exact) mass is 554 g/mol. The number of carbonyl (C=O) groups excluding carboxylic acids is 1. The van der Waals surface area contributed by atoms with Crippen molar-refractivity contribution in [3.05, 3.63) is 64.0 Å². The van der Waals surface area contributed by atoms with Gasteiger partial charge in [-0.05, 0) is 42.5 Å². The SMILES string of the molecule is COc1ccc(-c2noc(CN(C)S(=O)(=O)c3nnc(NC(=O)c4ccc(Cl)cc4Cl)s3)n2)cc1. The van der Waals surface area contributed by atoms with Crippen molar-refractivity contribution in [2.24, 2.45) is 0 Å². The van der Waals surface area contributed by atoms with Gasteiger partial charge in [0.2, 0.25) is 21.2 Å². The molecule has 0 radical (unpaired) electrons. The third kappa shape index (κ3) is 5.60. The lowest BCUT2D eigenvalue weighted by atomic mass is 10.2. The molecule has 0 aliphatic rings. The highest BCUT2D eigenvalue weighted by atomic mass is 35.5. The van der Waals surface area contributed by atoms with Gasteiger partial charge in [-0.2, -0.15) is 9.29 Å². The van der Waals surface area contributed by atoms with Gasteiger partial charge in [-0.25, -0.2) is 8.42 Å². The molecule has 1 N–H and O–H groups in total. The summed E-state index contributed by atoms with van der Waals surface area (Å²) in [5, 5.41) is 14.3. The van der Waals surface area contributed by atoms with Crippen LogP contribution in [0.2, 0.25) is 10.0 Å². The molecular weight excluding hydrogens is 539 g/mol. The molecule has 0 aliphatic heterocycles. The third-order valence-corrected chi connectivity index (χ3v) is 8.14. The second-order valence-electron chi connectivity index (χ2n) is 6.95. The van der Waals surface area contributed by atoms with Crippen LogP contribution in [0.1, 0.15) is 16.2 Å². The van der Waals surface area contributed by atoms with Gasteiger partial charge in [-0.1, -0.05) is 39.7 Å². The maximum atomic E-state index is 12.9. The number of methoxy groups -OCH3 is 1. The van der Waals surface area contributed by atoms with E-state index >= 15 is 0 Å². The van der Waals surface area contributed by atoms with E-state index in [9.17, 15) is 13.2 Å². The number of halogens is 2. The van der Waals surface area contributed by atoms with Crippen molar-refractivity contribution in [1.29, 1.82) is 0 Å². The molecule has 0 fully saturated rings. The fraction of sp³-hybridized carbons (Fsp3) is 0.150. The zero-order chi connectivity index (χ0) is 25.2. The number of sulfonamides is 1. The fourth-order valence-electron chi connectivity index (χ4n) is 2.79. The van der Waals surface area contributed by atoms with Crippen molar-refractivity contribution < 1.29 is 22.5 Å². The van der Waals surface area contributed by atoms with Crippen molar-refractivity contribution in [2.75, 3.05) is 19.5 Å². The summed E-state index contributed by atoms with van der Waals surface area (Å²) in [5.74, 6) is 0.469. The van der Waals surface area contributed by atoms with E-state index in [0.29, 0.717) is 33.5 Å². The number of ether oxygens (including phenoxy) is 1. The number of hydrogen-bond donors (Lipinski definition) is 1. The molecule has 15 heteroatoms. The molecule has 0 unspecified atom stereocenters. The zero-order valence-corrected chi connectivity index (χ0v) is 21.2. The van der Waals surface area contributed by atoms with Crippen LogP contribution >= 0.6 is 34.5 Å². The Morgan fingerprint density at radius 1 is 1.17 bits per heavy atom. The first kappa shape index (κ1) is 25.0. The summed E-state index contributed by atoms with van der Waals surface area (Å²) in [7, 11) is -1.17. The number of anilines is 1. The van der Waals surface area contributed by atoms with Crippen LogP contribution < -0.4 is 10.1 Å². The lowest BCUT2D eigenvalue weighted by Crippen LogP contribution is -2.26. The fourth-order valence-corrected chi connectivity index (χ4v) is 5.49. The molecule has 2 aromatic carbocycles. The number of rotatable bonds is 8. The minimum absolute atomic E-state index is 0.0208. The van der Waals surface area contributed by atoms with Gasteiger partial charge in [-0.3, -0.25) is 10.1 Å². The number of nitrogens with one attached hydrogen (secondary N) is 1. The zero-order valence-electron chi connectivity index (χ0n) is 18.1. The predicted molar refractivity (Wildman–Crippen MR) is 129 cm³/mol. The first-order valence-corrected chi connectivity index (χ1v) is 12.7. The Morgan fingerprint density at radius 3 is 2.60 bits per heavy atom. The highest BCUT2D eigenvalue weighted by molar-refractivity contribution is 7.91. The van der Waals surface area contributed by atoms with E-state index < -0.39 is 15.9 Å². The molecule has 0 atom stereocenters. The average Bonchev–Trinajstić information content (AvgIpc) is 3.49. The summed E-state index contributed by atoms with van der Waals surface area (Å²) in [6, 6.07) is 11.4. The van der Waals surface area contributed by atoms with E-state index in [0.717, 1.165) is 4.31 Å². The van der Waals surface area contributed by atoms with Crippen LogP contribution in [0, 0.1) is 0 Å². The molecule has 0 saturated carbocycles. The Balaban J connectivity index is 1.44. The van der Waals surface area contributed by atoms with Crippen molar-refractivity contribution in [1.82, 2.24) is 24.6 Å². The lowest BCUT2D eigenvalue weighted by Gasteiger charge is -2.11. The Bertz CT molecular complexity index is 1470. The molecule has 0 saturated heterocycles. The largest absolute Gasteiger partial charge is 0.497 e. The molecule has 2 heterocycles. The van der Waals surface area contributed by atoms with Crippen LogP contribution in [-0.4, -0.2) is 53.1 Å².